The quantitative estimate of drug-likeness (QED) is 0.680. The summed E-state index contributed by atoms with van der Waals surface area (Å²) in [5, 5.41) is 11.0. The molecule has 120 valence electrons. The molecule has 1 heteroatoms. The van der Waals surface area contributed by atoms with Crippen molar-refractivity contribution in [3.05, 3.63) is 24.3 Å². The first-order chi connectivity index (χ1) is 9.63. The summed E-state index contributed by atoms with van der Waals surface area (Å²) in [4.78, 5) is 0. The average Bonchev–Trinajstić information content (AvgIpc) is 2.35. The van der Waals surface area contributed by atoms with Crippen LogP contribution >= 0.6 is 0 Å². The Morgan fingerprint density at radius 2 is 1.86 bits per heavy atom. The molecule has 21 heavy (non-hydrogen) atoms. The second kappa shape index (κ2) is 5.57. The fraction of sp³-hybridized carbons (Fsp3) is 0.800. The van der Waals surface area contributed by atoms with Gasteiger partial charge >= 0.3 is 0 Å². The number of fused-ring (bicyclic) bond motifs is 1. The van der Waals surface area contributed by atoms with Gasteiger partial charge in [-0.3, -0.25) is 0 Å². The summed E-state index contributed by atoms with van der Waals surface area (Å²) in [6.45, 7) is 15.4. The largest absolute Gasteiger partial charge is 0.390 e. The molecule has 0 aromatic rings. The Morgan fingerprint density at radius 1 is 1.19 bits per heavy atom. The lowest BCUT2D eigenvalue weighted by molar-refractivity contribution is -0.165. The van der Waals surface area contributed by atoms with Crippen molar-refractivity contribution in [3.63, 3.8) is 0 Å². The molecular weight excluding hydrogens is 256 g/mol. The maximum absolute atomic E-state index is 11.0. The molecular formula is C20H34O. The van der Waals surface area contributed by atoms with E-state index in [1.165, 1.54) is 31.3 Å². The van der Waals surface area contributed by atoms with Crippen LogP contribution in [-0.2, 0) is 0 Å². The molecule has 0 saturated heterocycles. The highest BCUT2D eigenvalue weighted by Gasteiger charge is 2.57. The monoisotopic (exact) mass is 290 g/mol. The molecule has 0 aliphatic heterocycles. The van der Waals surface area contributed by atoms with Gasteiger partial charge in [0, 0.05) is 0 Å². The molecule has 2 fully saturated rings. The highest BCUT2D eigenvalue weighted by molar-refractivity contribution is 5.15. The molecule has 0 amide bonds. The van der Waals surface area contributed by atoms with Crippen molar-refractivity contribution in [1.82, 2.24) is 0 Å². The number of hydrogen-bond donors (Lipinski definition) is 1. The van der Waals surface area contributed by atoms with E-state index >= 15 is 0 Å². The SMILES string of the molecule is C=C/C(C)=C/C[C@@H]1[C@@]2(C)CCCC(C)(C)[C@@H]2CC[C@]1(C)O. The normalized spacial score (nSPS) is 43.2. The summed E-state index contributed by atoms with van der Waals surface area (Å²) in [5.74, 6) is 1.10. The second-order valence-electron chi connectivity index (χ2n) is 8.74. The molecule has 2 aliphatic carbocycles. The average molecular weight is 290 g/mol. The van der Waals surface area contributed by atoms with E-state index in [9.17, 15) is 5.11 Å². The van der Waals surface area contributed by atoms with Gasteiger partial charge in [0.05, 0.1) is 5.60 Å². The lowest BCUT2D eigenvalue weighted by Gasteiger charge is -2.61. The molecule has 0 aromatic carbocycles. The van der Waals surface area contributed by atoms with Crippen LogP contribution in [0.4, 0.5) is 0 Å². The van der Waals surface area contributed by atoms with Gasteiger partial charge < -0.3 is 5.11 Å². The van der Waals surface area contributed by atoms with Gasteiger partial charge in [-0.15, -0.1) is 0 Å². The van der Waals surface area contributed by atoms with E-state index in [-0.39, 0.29) is 5.41 Å². The van der Waals surface area contributed by atoms with Crippen LogP contribution in [0.15, 0.2) is 24.3 Å². The van der Waals surface area contributed by atoms with Gasteiger partial charge in [-0.05, 0) is 68.6 Å². The Kier molecular flexibility index (Phi) is 4.46. The van der Waals surface area contributed by atoms with Crippen molar-refractivity contribution in [2.24, 2.45) is 22.7 Å². The van der Waals surface area contributed by atoms with E-state index in [1.807, 2.05) is 6.08 Å². The summed E-state index contributed by atoms with van der Waals surface area (Å²) < 4.78 is 0. The van der Waals surface area contributed by atoms with Crippen molar-refractivity contribution >= 4 is 0 Å². The van der Waals surface area contributed by atoms with Gasteiger partial charge in [-0.1, -0.05) is 51.5 Å². The van der Waals surface area contributed by atoms with Crippen molar-refractivity contribution in [2.75, 3.05) is 0 Å². The molecule has 0 radical (unpaired) electrons. The number of rotatable bonds is 3. The van der Waals surface area contributed by atoms with Crippen LogP contribution in [0.1, 0.15) is 73.1 Å². The molecule has 2 rings (SSSR count). The third-order valence-corrected chi connectivity index (χ3v) is 6.76. The first kappa shape index (κ1) is 16.8. The van der Waals surface area contributed by atoms with Crippen LogP contribution in [0.5, 0.6) is 0 Å². The van der Waals surface area contributed by atoms with Crippen molar-refractivity contribution in [2.45, 2.75) is 78.7 Å². The first-order valence-electron chi connectivity index (χ1n) is 8.65. The summed E-state index contributed by atoms with van der Waals surface area (Å²) >= 11 is 0. The van der Waals surface area contributed by atoms with Crippen LogP contribution in [0.25, 0.3) is 0 Å². The second-order valence-corrected chi connectivity index (χ2v) is 8.74. The fourth-order valence-electron chi connectivity index (χ4n) is 5.53. The Balaban J connectivity index is 2.35. The molecule has 4 atom stereocenters. The highest BCUT2D eigenvalue weighted by atomic mass is 16.3. The van der Waals surface area contributed by atoms with Gasteiger partial charge in [0.25, 0.3) is 0 Å². The van der Waals surface area contributed by atoms with E-state index in [2.05, 4.69) is 47.3 Å². The summed E-state index contributed by atoms with van der Waals surface area (Å²) in [5.41, 5.74) is 1.38. The zero-order chi connectivity index (χ0) is 15.9. The Hall–Kier alpha value is -0.560. The van der Waals surface area contributed by atoms with Crippen molar-refractivity contribution < 1.29 is 5.11 Å². The smallest absolute Gasteiger partial charge is 0.0656 e. The molecule has 1 N–H and O–H groups in total. The van der Waals surface area contributed by atoms with Crippen molar-refractivity contribution in [1.29, 1.82) is 0 Å². The Labute approximate surface area is 131 Å². The fourth-order valence-corrected chi connectivity index (χ4v) is 5.53. The molecule has 1 nitrogen and oxygen atoms in total. The number of hydrogen-bond acceptors (Lipinski definition) is 1. The summed E-state index contributed by atoms with van der Waals surface area (Å²) in [6, 6.07) is 0. The minimum atomic E-state index is -0.531. The zero-order valence-electron chi connectivity index (χ0n) is 14.7. The van der Waals surface area contributed by atoms with Crippen LogP contribution in [-0.4, -0.2) is 10.7 Å². The van der Waals surface area contributed by atoms with E-state index in [0.717, 1.165) is 18.8 Å². The molecule has 0 aromatic heterocycles. The Morgan fingerprint density at radius 3 is 2.48 bits per heavy atom. The number of aliphatic hydroxyl groups is 1. The van der Waals surface area contributed by atoms with Crippen molar-refractivity contribution in [3.8, 4) is 0 Å². The minimum absolute atomic E-state index is 0.265. The molecule has 2 saturated carbocycles. The summed E-state index contributed by atoms with van der Waals surface area (Å²) in [6.07, 6.45) is 11.2. The zero-order valence-corrected chi connectivity index (χ0v) is 14.7. The molecule has 0 bridgehead atoms. The predicted molar refractivity (Wildman–Crippen MR) is 91.1 cm³/mol. The van der Waals surface area contributed by atoms with Crippen LogP contribution < -0.4 is 0 Å². The molecule has 2 aliphatic rings. The molecule has 0 heterocycles. The maximum atomic E-state index is 11.0. The van der Waals surface area contributed by atoms with Gasteiger partial charge in [-0.25, -0.2) is 0 Å². The van der Waals surface area contributed by atoms with E-state index < -0.39 is 5.60 Å². The lowest BCUT2D eigenvalue weighted by atomic mass is 9.45. The lowest BCUT2D eigenvalue weighted by Crippen LogP contribution is -2.57. The van der Waals surface area contributed by atoms with Gasteiger partial charge in [0.2, 0.25) is 0 Å². The standard InChI is InChI=1S/C20H34O/c1-7-15(2)9-10-17-19(5)13-8-12-18(3,4)16(19)11-14-20(17,6)21/h7,9,16-17,21H,1,8,10-14H2,2-6H3/b15-9+/t16-,17+,19-,20-/m0/s1. The van der Waals surface area contributed by atoms with Gasteiger partial charge in [0.15, 0.2) is 0 Å². The van der Waals surface area contributed by atoms with Crippen LogP contribution in [0.3, 0.4) is 0 Å². The third kappa shape index (κ3) is 2.99. The predicted octanol–water partition coefficient (Wildman–Crippen LogP) is 5.50. The van der Waals surface area contributed by atoms with Crippen LogP contribution in [0, 0.1) is 22.7 Å². The third-order valence-electron chi connectivity index (χ3n) is 6.76. The summed E-state index contributed by atoms with van der Waals surface area (Å²) in [7, 11) is 0. The van der Waals surface area contributed by atoms with Crippen LogP contribution in [0.2, 0.25) is 0 Å². The minimum Gasteiger partial charge on any atom is -0.390 e. The van der Waals surface area contributed by atoms with E-state index in [0.29, 0.717) is 11.3 Å². The van der Waals surface area contributed by atoms with E-state index in [4.69, 9.17) is 0 Å². The Bertz CT molecular complexity index is 429. The molecule has 0 unspecified atom stereocenters. The number of allylic oxidation sites excluding steroid dienone is 3. The van der Waals surface area contributed by atoms with Gasteiger partial charge in [-0.2, -0.15) is 0 Å². The van der Waals surface area contributed by atoms with E-state index in [1.54, 1.807) is 0 Å². The highest BCUT2D eigenvalue weighted by Crippen LogP contribution is 2.62. The first-order valence-corrected chi connectivity index (χ1v) is 8.65. The molecule has 0 spiro atoms. The van der Waals surface area contributed by atoms with Gasteiger partial charge in [0.1, 0.15) is 0 Å². The maximum Gasteiger partial charge on any atom is 0.0656 e. The topological polar surface area (TPSA) is 20.2 Å².